The minimum absolute atomic E-state index is 0.278. The molecule has 1 saturated heterocycles. The lowest BCUT2D eigenvalue weighted by Crippen LogP contribution is -2.29. The van der Waals surface area contributed by atoms with Gasteiger partial charge < -0.3 is 10.0 Å². The zero-order valence-electron chi connectivity index (χ0n) is 15.1. The Morgan fingerprint density at radius 1 is 0.963 bits per heavy atom. The fourth-order valence-electron chi connectivity index (χ4n) is 3.59. The first-order valence-electron chi connectivity index (χ1n) is 9.37. The van der Waals surface area contributed by atoms with E-state index in [4.69, 9.17) is 0 Å². The predicted molar refractivity (Wildman–Crippen MR) is 110 cm³/mol. The number of pyridine rings is 1. The number of nitrogens with zero attached hydrogens (tertiary/aromatic N) is 2. The van der Waals surface area contributed by atoms with Crippen LogP contribution in [0, 0.1) is 0 Å². The second-order valence-electron chi connectivity index (χ2n) is 6.89. The molecule has 1 aliphatic heterocycles. The van der Waals surface area contributed by atoms with Crippen molar-refractivity contribution in [3.05, 3.63) is 71.4 Å². The highest BCUT2D eigenvalue weighted by Crippen LogP contribution is 2.22. The number of carbonyl (C=O) groups is 1. The normalized spacial score (nSPS) is 14.7. The molecule has 1 N–H and O–H groups in total. The van der Waals surface area contributed by atoms with Crippen LogP contribution < -0.4 is 4.90 Å². The number of benzene rings is 2. The third kappa shape index (κ3) is 3.85. The largest absolute Gasteiger partial charge is 0.478 e. The Balaban J connectivity index is 1.58. The number of hydrogen-bond acceptors (Lipinski definition) is 3. The standard InChI is InChI=1S/C23H22N2O2/c26-23(27)21-16-18(24-22-7-3-2-6-20(21)22)11-8-17-9-12-19(13-10-17)25-14-4-1-5-15-25/h2-3,6-13,16H,1,4-5,14-15H2,(H,26,27)/b11-8+. The van der Waals surface area contributed by atoms with Crippen LogP contribution in [0.5, 0.6) is 0 Å². The molecule has 0 radical (unpaired) electrons. The van der Waals surface area contributed by atoms with Gasteiger partial charge in [-0.2, -0.15) is 0 Å². The summed E-state index contributed by atoms with van der Waals surface area (Å²) in [5.41, 5.74) is 3.95. The monoisotopic (exact) mass is 358 g/mol. The van der Waals surface area contributed by atoms with E-state index in [2.05, 4.69) is 34.1 Å². The van der Waals surface area contributed by atoms with Crippen LogP contribution in [-0.4, -0.2) is 29.1 Å². The predicted octanol–water partition coefficient (Wildman–Crippen LogP) is 5.09. The summed E-state index contributed by atoms with van der Waals surface area (Å²) < 4.78 is 0. The number of aromatic nitrogens is 1. The van der Waals surface area contributed by atoms with Gasteiger partial charge in [-0.3, -0.25) is 0 Å². The summed E-state index contributed by atoms with van der Waals surface area (Å²) in [4.78, 5) is 18.6. The maximum atomic E-state index is 11.6. The molecule has 0 unspecified atom stereocenters. The van der Waals surface area contributed by atoms with Gasteiger partial charge in [-0.15, -0.1) is 0 Å². The molecule has 136 valence electrons. The average molecular weight is 358 g/mol. The van der Waals surface area contributed by atoms with Crippen molar-refractivity contribution in [3.63, 3.8) is 0 Å². The van der Waals surface area contributed by atoms with E-state index in [1.165, 1.54) is 24.9 Å². The van der Waals surface area contributed by atoms with Crippen molar-refractivity contribution in [2.24, 2.45) is 0 Å². The van der Waals surface area contributed by atoms with Crippen molar-refractivity contribution in [2.45, 2.75) is 19.3 Å². The molecule has 0 atom stereocenters. The van der Waals surface area contributed by atoms with Crippen LogP contribution in [0.4, 0.5) is 5.69 Å². The van der Waals surface area contributed by atoms with E-state index in [1.807, 2.05) is 30.4 Å². The lowest BCUT2D eigenvalue weighted by atomic mass is 10.1. The van der Waals surface area contributed by atoms with Gasteiger partial charge in [-0.25, -0.2) is 9.78 Å². The Morgan fingerprint density at radius 2 is 1.70 bits per heavy atom. The SMILES string of the molecule is O=C(O)c1cc(/C=C/c2ccc(N3CCCCC3)cc2)nc2ccccc12. The van der Waals surface area contributed by atoms with Crippen molar-refractivity contribution in [3.8, 4) is 0 Å². The highest BCUT2D eigenvalue weighted by molar-refractivity contribution is 6.03. The van der Waals surface area contributed by atoms with E-state index in [-0.39, 0.29) is 5.56 Å². The number of hydrogen-bond donors (Lipinski definition) is 1. The maximum absolute atomic E-state index is 11.6. The van der Waals surface area contributed by atoms with Gasteiger partial charge in [0.1, 0.15) is 0 Å². The van der Waals surface area contributed by atoms with Gasteiger partial charge in [-0.1, -0.05) is 36.4 Å². The average Bonchev–Trinajstić information content (AvgIpc) is 2.72. The van der Waals surface area contributed by atoms with Gasteiger partial charge in [0.05, 0.1) is 16.8 Å². The molecular formula is C23H22N2O2. The Labute approximate surface area is 158 Å². The minimum atomic E-state index is -0.936. The maximum Gasteiger partial charge on any atom is 0.336 e. The molecule has 0 bridgehead atoms. The topological polar surface area (TPSA) is 53.4 Å². The fraction of sp³-hybridized carbons (Fsp3) is 0.217. The Hall–Kier alpha value is -3.14. The van der Waals surface area contributed by atoms with Crippen LogP contribution in [0.15, 0.2) is 54.6 Å². The molecule has 0 spiro atoms. The van der Waals surface area contributed by atoms with Crippen molar-refractivity contribution in [2.75, 3.05) is 18.0 Å². The third-order valence-corrected chi connectivity index (χ3v) is 5.03. The summed E-state index contributed by atoms with van der Waals surface area (Å²) in [5, 5.41) is 10.2. The smallest absolute Gasteiger partial charge is 0.336 e. The van der Waals surface area contributed by atoms with Crippen molar-refractivity contribution in [1.29, 1.82) is 0 Å². The summed E-state index contributed by atoms with van der Waals surface area (Å²) >= 11 is 0. The van der Waals surface area contributed by atoms with E-state index in [0.717, 1.165) is 18.7 Å². The summed E-state index contributed by atoms with van der Waals surface area (Å²) in [6.07, 6.45) is 7.70. The van der Waals surface area contributed by atoms with Gasteiger partial charge in [-0.05, 0) is 55.2 Å². The number of aromatic carboxylic acids is 1. The van der Waals surface area contributed by atoms with Crippen molar-refractivity contribution >= 4 is 34.7 Å². The van der Waals surface area contributed by atoms with Crippen molar-refractivity contribution < 1.29 is 9.90 Å². The molecule has 1 fully saturated rings. The summed E-state index contributed by atoms with van der Waals surface area (Å²) in [6.45, 7) is 2.27. The molecule has 1 aliphatic rings. The molecule has 1 aromatic heterocycles. The second-order valence-corrected chi connectivity index (χ2v) is 6.89. The minimum Gasteiger partial charge on any atom is -0.478 e. The van der Waals surface area contributed by atoms with E-state index < -0.39 is 5.97 Å². The first kappa shape index (κ1) is 17.3. The molecule has 4 heteroatoms. The lowest BCUT2D eigenvalue weighted by Gasteiger charge is -2.28. The number of fused-ring (bicyclic) bond motifs is 1. The summed E-state index contributed by atoms with van der Waals surface area (Å²) in [7, 11) is 0. The molecule has 3 aromatic rings. The number of para-hydroxylation sites is 1. The van der Waals surface area contributed by atoms with Crippen LogP contribution in [0.3, 0.4) is 0 Å². The van der Waals surface area contributed by atoms with Gasteiger partial charge in [0, 0.05) is 24.2 Å². The number of piperidine rings is 1. The molecule has 0 aliphatic carbocycles. The summed E-state index contributed by atoms with van der Waals surface area (Å²) in [6, 6.07) is 17.5. The molecule has 4 rings (SSSR count). The van der Waals surface area contributed by atoms with E-state index in [9.17, 15) is 9.90 Å². The number of rotatable bonds is 4. The number of carboxylic acid groups (broad SMARTS) is 1. The van der Waals surface area contributed by atoms with Gasteiger partial charge in [0.15, 0.2) is 0 Å². The highest BCUT2D eigenvalue weighted by Gasteiger charge is 2.11. The van der Waals surface area contributed by atoms with E-state index in [1.54, 1.807) is 12.1 Å². The molecule has 2 heterocycles. The Morgan fingerprint density at radius 3 is 2.44 bits per heavy atom. The summed E-state index contributed by atoms with van der Waals surface area (Å²) in [5.74, 6) is -0.936. The van der Waals surface area contributed by atoms with Crippen LogP contribution in [-0.2, 0) is 0 Å². The Bertz CT molecular complexity index is 987. The Kier molecular flexibility index (Phi) is 4.88. The highest BCUT2D eigenvalue weighted by atomic mass is 16.4. The molecule has 4 nitrogen and oxygen atoms in total. The molecule has 0 amide bonds. The second kappa shape index (κ2) is 7.62. The van der Waals surface area contributed by atoms with Crippen LogP contribution in [0.25, 0.3) is 23.1 Å². The van der Waals surface area contributed by atoms with Crippen LogP contribution in [0.1, 0.15) is 40.9 Å². The molecule has 0 saturated carbocycles. The molecule has 2 aromatic carbocycles. The van der Waals surface area contributed by atoms with Gasteiger partial charge in [0.25, 0.3) is 0 Å². The van der Waals surface area contributed by atoms with E-state index in [0.29, 0.717) is 16.6 Å². The zero-order valence-corrected chi connectivity index (χ0v) is 15.1. The zero-order chi connectivity index (χ0) is 18.6. The lowest BCUT2D eigenvalue weighted by molar-refractivity contribution is 0.0699. The first-order chi connectivity index (χ1) is 13.2. The van der Waals surface area contributed by atoms with E-state index >= 15 is 0 Å². The number of anilines is 1. The van der Waals surface area contributed by atoms with Gasteiger partial charge in [0.2, 0.25) is 0 Å². The number of carboxylic acids is 1. The first-order valence-corrected chi connectivity index (χ1v) is 9.37. The fourth-order valence-corrected chi connectivity index (χ4v) is 3.59. The molecule has 27 heavy (non-hydrogen) atoms. The van der Waals surface area contributed by atoms with Crippen LogP contribution >= 0.6 is 0 Å². The molecular weight excluding hydrogens is 336 g/mol. The third-order valence-electron chi connectivity index (χ3n) is 5.03. The quantitative estimate of drug-likeness (QED) is 0.705. The van der Waals surface area contributed by atoms with Gasteiger partial charge >= 0.3 is 5.97 Å². The van der Waals surface area contributed by atoms with Crippen LogP contribution in [0.2, 0.25) is 0 Å². The van der Waals surface area contributed by atoms with Crippen molar-refractivity contribution in [1.82, 2.24) is 4.98 Å².